The molecule has 166 valence electrons. The van der Waals surface area contributed by atoms with Gasteiger partial charge in [-0.15, -0.1) is 0 Å². The van der Waals surface area contributed by atoms with Crippen molar-refractivity contribution in [3.8, 4) is 0 Å². The number of aliphatic hydroxyl groups is 3. The molecule has 4 saturated carbocycles. The molecule has 0 radical (unpaired) electrons. The first kappa shape index (κ1) is 21.6. The zero-order valence-corrected chi connectivity index (χ0v) is 18.3. The zero-order valence-electron chi connectivity index (χ0n) is 18.3. The number of fused-ring (bicyclic) bond motifs is 5. The van der Waals surface area contributed by atoms with Crippen LogP contribution in [0.25, 0.3) is 0 Å². The lowest BCUT2D eigenvalue weighted by Gasteiger charge is -2.63. The lowest BCUT2D eigenvalue weighted by Crippen LogP contribution is -2.62. The largest absolute Gasteiger partial charge is 0.481 e. The first-order valence-electron chi connectivity index (χ1n) is 11.8. The van der Waals surface area contributed by atoms with Crippen molar-refractivity contribution in [3.63, 3.8) is 0 Å². The van der Waals surface area contributed by atoms with E-state index in [0.29, 0.717) is 30.1 Å². The van der Waals surface area contributed by atoms with Gasteiger partial charge >= 0.3 is 5.97 Å². The topological polar surface area (TPSA) is 98.0 Å². The van der Waals surface area contributed by atoms with E-state index in [-0.39, 0.29) is 41.3 Å². The van der Waals surface area contributed by atoms with Crippen molar-refractivity contribution >= 4 is 5.97 Å². The molecule has 4 aliphatic carbocycles. The van der Waals surface area contributed by atoms with E-state index in [9.17, 15) is 20.1 Å². The molecule has 0 heterocycles. The predicted octanol–water partition coefficient (Wildman–Crippen LogP) is 3.45. The molecule has 4 fully saturated rings. The molecule has 0 aromatic rings. The molecule has 5 heteroatoms. The molecule has 4 N–H and O–H groups in total. The summed E-state index contributed by atoms with van der Waals surface area (Å²) in [4.78, 5) is 11.1. The predicted molar refractivity (Wildman–Crippen MR) is 110 cm³/mol. The molecule has 0 aliphatic heterocycles. The van der Waals surface area contributed by atoms with Crippen molar-refractivity contribution in [1.29, 1.82) is 0 Å². The van der Waals surface area contributed by atoms with Crippen LogP contribution in [-0.2, 0) is 4.79 Å². The maximum atomic E-state index is 11.5. The maximum Gasteiger partial charge on any atom is 0.303 e. The molecule has 4 aliphatic rings. The monoisotopic (exact) mass is 408 g/mol. The van der Waals surface area contributed by atoms with Crippen LogP contribution >= 0.6 is 0 Å². The summed E-state index contributed by atoms with van der Waals surface area (Å²) in [6.07, 6.45) is 6.00. The highest BCUT2D eigenvalue weighted by Gasteiger charge is 2.65. The van der Waals surface area contributed by atoms with E-state index < -0.39 is 12.1 Å². The van der Waals surface area contributed by atoms with Gasteiger partial charge < -0.3 is 20.4 Å². The second-order valence-electron chi connectivity index (χ2n) is 11.4. The number of carbonyl (C=O) groups is 1. The summed E-state index contributed by atoms with van der Waals surface area (Å²) in [6, 6.07) is 0. The summed E-state index contributed by atoms with van der Waals surface area (Å²) in [5, 5.41) is 42.0. The third-order valence-electron chi connectivity index (χ3n) is 10.3. The Labute approximate surface area is 174 Å². The normalized spacial score (nSPS) is 52.9. The molecule has 2 unspecified atom stereocenters. The number of hydrogen-bond donors (Lipinski definition) is 4. The summed E-state index contributed by atoms with van der Waals surface area (Å²) in [7, 11) is 0. The van der Waals surface area contributed by atoms with E-state index in [1.165, 1.54) is 0 Å². The second kappa shape index (κ2) is 7.49. The number of carboxylic acids is 1. The number of carboxylic acid groups (broad SMARTS) is 1. The molecule has 0 aromatic heterocycles. The summed E-state index contributed by atoms with van der Waals surface area (Å²) in [6.45, 7) is 6.72. The van der Waals surface area contributed by atoms with Crippen LogP contribution in [0.3, 0.4) is 0 Å². The van der Waals surface area contributed by atoms with Crippen LogP contribution in [0, 0.1) is 46.3 Å². The van der Waals surface area contributed by atoms with Gasteiger partial charge in [0.05, 0.1) is 18.3 Å². The van der Waals surface area contributed by atoms with Crippen molar-refractivity contribution in [1.82, 2.24) is 0 Å². The quantitative estimate of drug-likeness (QED) is 0.571. The minimum atomic E-state index is -0.748. The van der Waals surface area contributed by atoms with Crippen LogP contribution in [0.2, 0.25) is 0 Å². The Balaban J connectivity index is 1.61. The second-order valence-corrected chi connectivity index (χ2v) is 11.4. The summed E-state index contributed by atoms with van der Waals surface area (Å²) in [5.74, 6) is 0.997. The van der Waals surface area contributed by atoms with E-state index in [0.717, 1.165) is 44.9 Å². The fourth-order valence-corrected chi connectivity index (χ4v) is 8.68. The molecule has 0 aromatic carbocycles. The Kier molecular flexibility index (Phi) is 5.57. The lowest BCUT2D eigenvalue weighted by atomic mass is 9.43. The Bertz CT molecular complexity index is 637. The van der Waals surface area contributed by atoms with Gasteiger partial charge in [-0.05, 0) is 97.7 Å². The van der Waals surface area contributed by atoms with E-state index >= 15 is 0 Å². The zero-order chi connectivity index (χ0) is 21.1. The van der Waals surface area contributed by atoms with Gasteiger partial charge in [-0.3, -0.25) is 4.79 Å². The van der Waals surface area contributed by atoms with Gasteiger partial charge in [0.2, 0.25) is 0 Å². The van der Waals surface area contributed by atoms with Crippen molar-refractivity contribution < 1.29 is 25.2 Å². The molecule has 4 rings (SSSR count). The first-order chi connectivity index (χ1) is 13.6. The van der Waals surface area contributed by atoms with E-state index in [2.05, 4.69) is 20.8 Å². The third-order valence-corrected chi connectivity index (χ3v) is 10.3. The van der Waals surface area contributed by atoms with Crippen molar-refractivity contribution in [2.24, 2.45) is 46.3 Å². The van der Waals surface area contributed by atoms with Gasteiger partial charge in [-0.2, -0.15) is 0 Å². The molecule has 5 nitrogen and oxygen atoms in total. The molecular formula is C24H40O5. The Hall–Kier alpha value is -0.650. The van der Waals surface area contributed by atoms with Gasteiger partial charge in [0.15, 0.2) is 0 Å². The number of rotatable bonds is 4. The first-order valence-corrected chi connectivity index (χ1v) is 11.8. The molecule has 11 atom stereocenters. The minimum absolute atomic E-state index is 0.0957. The van der Waals surface area contributed by atoms with Gasteiger partial charge in [0.25, 0.3) is 0 Å². The fourth-order valence-electron chi connectivity index (χ4n) is 8.68. The highest BCUT2D eigenvalue weighted by Crippen LogP contribution is 2.68. The summed E-state index contributed by atoms with van der Waals surface area (Å²) in [5.41, 5.74) is -0.143. The molecule has 0 spiro atoms. The van der Waals surface area contributed by atoms with E-state index in [1.807, 2.05) is 0 Å². The van der Waals surface area contributed by atoms with Crippen LogP contribution in [-0.4, -0.2) is 44.7 Å². The van der Waals surface area contributed by atoms with Gasteiger partial charge in [0, 0.05) is 6.42 Å². The van der Waals surface area contributed by atoms with Crippen LogP contribution in [0.1, 0.15) is 78.6 Å². The Morgan fingerprint density at radius 1 is 1.03 bits per heavy atom. The average Bonchev–Trinajstić information content (AvgIpc) is 3.01. The minimum Gasteiger partial charge on any atom is -0.481 e. The van der Waals surface area contributed by atoms with Crippen molar-refractivity contribution in [2.45, 2.75) is 96.9 Å². The van der Waals surface area contributed by atoms with Crippen LogP contribution in [0.4, 0.5) is 0 Å². The number of hydrogen-bond acceptors (Lipinski definition) is 4. The van der Waals surface area contributed by atoms with E-state index in [4.69, 9.17) is 5.11 Å². The van der Waals surface area contributed by atoms with Gasteiger partial charge in [-0.25, -0.2) is 0 Å². The lowest BCUT2D eigenvalue weighted by molar-refractivity contribution is -0.207. The van der Waals surface area contributed by atoms with Crippen molar-refractivity contribution in [2.75, 3.05) is 0 Å². The molecular weight excluding hydrogens is 368 g/mol. The Morgan fingerprint density at radius 3 is 2.45 bits per heavy atom. The molecule has 0 saturated heterocycles. The standard InChI is InChI=1S/C24H40O5/c1-13(4-7-21(28)29)16-5-6-17-22-18(12-20(27)24(16,17)3)23(2)9-8-15(25)10-14(23)11-19(22)26/h13-20,22,25-27H,4-12H2,1-3H3,(H,28,29)/t13-,14-,15+,16-,17+,18?,19-,20+,22?,23+,24-/m1/s1. The van der Waals surface area contributed by atoms with E-state index in [1.54, 1.807) is 0 Å². The smallest absolute Gasteiger partial charge is 0.303 e. The number of aliphatic carboxylic acids is 1. The highest BCUT2D eigenvalue weighted by molar-refractivity contribution is 5.66. The summed E-state index contributed by atoms with van der Waals surface area (Å²) < 4.78 is 0. The average molecular weight is 409 g/mol. The van der Waals surface area contributed by atoms with Gasteiger partial charge in [-0.1, -0.05) is 20.8 Å². The van der Waals surface area contributed by atoms with Gasteiger partial charge in [0.1, 0.15) is 0 Å². The Morgan fingerprint density at radius 2 is 1.76 bits per heavy atom. The molecule has 0 bridgehead atoms. The third kappa shape index (κ3) is 3.27. The number of aliphatic hydroxyl groups excluding tert-OH is 3. The SMILES string of the molecule is C[C@H](CCC(=O)O)[C@H]1CC[C@H]2C3C(C[C@H](O)[C@]12C)[C@@]1(C)CC[C@H](O)C[C@@H]1C[C@H]3O. The summed E-state index contributed by atoms with van der Waals surface area (Å²) >= 11 is 0. The van der Waals surface area contributed by atoms with Crippen LogP contribution in [0.15, 0.2) is 0 Å². The highest BCUT2D eigenvalue weighted by atomic mass is 16.4. The van der Waals surface area contributed by atoms with Crippen LogP contribution in [0.5, 0.6) is 0 Å². The molecule has 29 heavy (non-hydrogen) atoms. The maximum absolute atomic E-state index is 11.5. The van der Waals surface area contributed by atoms with Crippen molar-refractivity contribution in [3.05, 3.63) is 0 Å². The van der Waals surface area contributed by atoms with Crippen LogP contribution < -0.4 is 0 Å². The fraction of sp³-hybridized carbons (Fsp3) is 0.958. The molecule has 0 amide bonds.